The molecule has 0 atom stereocenters. The molecule has 4 heteroatoms. The van der Waals surface area contributed by atoms with Gasteiger partial charge in [0.2, 0.25) is 5.91 Å². The minimum atomic E-state index is -0.426. The predicted octanol–water partition coefficient (Wildman–Crippen LogP) is 1.16. The van der Waals surface area contributed by atoms with Crippen LogP contribution >= 0.6 is 0 Å². The molecule has 0 radical (unpaired) electrons. The number of hydrazone groups is 1. The summed E-state index contributed by atoms with van der Waals surface area (Å²) in [5, 5.41) is 4.14. The first kappa shape index (κ1) is 10.2. The van der Waals surface area contributed by atoms with E-state index in [9.17, 15) is 4.79 Å². The first-order valence-corrected chi connectivity index (χ1v) is 4.84. The Kier molecular flexibility index (Phi) is 2.82. The molecule has 4 nitrogen and oxygen atoms in total. The number of allylic oxidation sites excluding steroid dienone is 3. The van der Waals surface area contributed by atoms with Gasteiger partial charge in [-0.25, -0.2) is 0 Å². The Balaban J connectivity index is 2.28. The van der Waals surface area contributed by atoms with Gasteiger partial charge >= 0.3 is 0 Å². The molecule has 0 fully saturated rings. The van der Waals surface area contributed by atoms with E-state index in [2.05, 4.69) is 10.5 Å². The third kappa shape index (κ3) is 2.17. The molecule has 1 heterocycles. The van der Waals surface area contributed by atoms with Crippen molar-refractivity contribution in [3.05, 3.63) is 59.8 Å². The molecule has 1 aliphatic heterocycles. The third-order valence-electron chi connectivity index (χ3n) is 2.19. The number of carbonyl (C=O) groups is 1. The Bertz CT molecular complexity index is 483. The van der Waals surface area contributed by atoms with Crippen molar-refractivity contribution in [2.75, 3.05) is 0 Å². The summed E-state index contributed by atoms with van der Waals surface area (Å²) in [5.41, 5.74) is 10.2. The molecule has 1 aromatic carbocycles. The number of rotatable bonds is 2. The number of nitrogens with zero attached hydrogens (tertiary/aromatic N) is 1. The van der Waals surface area contributed by atoms with E-state index in [0.29, 0.717) is 5.56 Å². The molecule has 0 unspecified atom stereocenters. The summed E-state index contributed by atoms with van der Waals surface area (Å²) in [4.78, 5) is 10.9. The fourth-order valence-electron chi connectivity index (χ4n) is 1.36. The molecule has 0 aliphatic carbocycles. The zero-order valence-corrected chi connectivity index (χ0v) is 8.55. The van der Waals surface area contributed by atoms with Gasteiger partial charge in [-0.1, -0.05) is 18.2 Å². The minimum Gasteiger partial charge on any atom is -0.366 e. The van der Waals surface area contributed by atoms with Crippen LogP contribution in [-0.4, -0.2) is 11.6 Å². The number of nitrogens with one attached hydrogen (secondary N) is 1. The van der Waals surface area contributed by atoms with E-state index in [1.165, 1.54) is 0 Å². The van der Waals surface area contributed by atoms with Gasteiger partial charge in [-0.05, 0) is 24.3 Å². The van der Waals surface area contributed by atoms with Crippen LogP contribution in [0.1, 0.15) is 15.9 Å². The first-order valence-electron chi connectivity index (χ1n) is 4.84. The molecule has 3 N–H and O–H groups in total. The van der Waals surface area contributed by atoms with Gasteiger partial charge in [-0.3, -0.25) is 10.2 Å². The van der Waals surface area contributed by atoms with Crippen LogP contribution in [0.3, 0.4) is 0 Å². The Hall–Kier alpha value is -2.36. The van der Waals surface area contributed by atoms with Crippen LogP contribution in [0, 0.1) is 0 Å². The van der Waals surface area contributed by atoms with E-state index in [1.807, 2.05) is 30.4 Å². The van der Waals surface area contributed by atoms with Crippen molar-refractivity contribution in [3.63, 3.8) is 0 Å². The summed E-state index contributed by atoms with van der Waals surface area (Å²) >= 11 is 0. The molecule has 0 saturated heterocycles. The number of hydrogen-bond donors (Lipinski definition) is 2. The first-order chi connectivity index (χ1) is 7.77. The second-order valence-electron chi connectivity index (χ2n) is 3.29. The van der Waals surface area contributed by atoms with Gasteiger partial charge in [0, 0.05) is 17.3 Å². The Morgan fingerprint density at radius 3 is 2.62 bits per heavy atom. The van der Waals surface area contributed by atoms with Crippen LogP contribution in [0.25, 0.3) is 0 Å². The van der Waals surface area contributed by atoms with Crippen LogP contribution < -0.4 is 11.2 Å². The molecule has 0 aromatic heterocycles. The third-order valence-corrected chi connectivity index (χ3v) is 2.19. The highest BCUT2D eigenvalue weighted by Gasteiger charge is 2.03. The van der Waals surface area contributed by atoms with E-state index < -0.39 is 5.91 Å². The molecule has 0 saturated carbocycles. The molecule has 2 rings (SSSR count). The van der Waals surface area contributed by atoms with Gasteiger partial charge in [-0.2, -0.15) is 5.10 Å². The van der Waals surface area contributed by atoms with Crippen molar-refractivity contribution in [1.29, 1.82) is 0 Å². The van der Waals surface area contributed by atoms with Crippen LogP contribution in [0.15, 0.2) is 53.8 Å². The summed E-state index contributed by atoms with van der Waals surface area (Å²) in [6, 6.07) is 7.01. The van der Waals surface area contributed by atoms with Crippen LogP contribution in [0.4, 0.5) is 0 Å². The normalized spacial score (nSPS) is 13.9. The van der Waals surface area contributed by atoms with Crippen molar-refractivity contribution >= 4 is 11.6 Å². The molecule has 1 aromatic rings. The second kappa shape index (κ2) is 4.44. The lowest BCUT2D eigenvalue weighted by atomic mass is 10.1. The average molecular weight is 213 g/mol. The highest BCUT2D eigenvalue weighted by atomic mass is 16.1. The number of nitrogens with two attached hydrogens (primary N) is 1. The average Bonchev–Trinajstić information content (AvgIpc) is 2.57. The molecular weight excluding hydrogens is 202 g/mol. The van der Waals surface area contributed by atoms with E-state index >= 15 is 0 Å². The lowest BCUT2D eigenvalue weighted by Crippen LogP contribution is -2.11. The minimum absolute atomic E-state index is 0.426. The van der Waals surface area contributed by atoms with E-state index in [4.69, 9.17) is 5.73 Å². The summed E-state index contributed by atoms with van der Waals surface area (Å²) in [6.07, 6.45) is 7.37. The van der Waals surface area contributed by atoms with Crippen LogP contribution in [0.2, 0.25) is 0 Å². The van der Waals surface area contributed by atoms with Gasteiger partial charge in [-0.15, -0.1) is 0 Å². The highest BCUT2D eigenvalue weighted by molar-refractivity contribution is 6.09. The maximum atomic E-state index is 10.9. The molecule has 0 bridgehead atoms. The van der Waals surface area contributed by atoms with Gasteiger partial charge in [0.05, 0.1) is 5.71 Å². The second-order valence-corrected chi connectivity index (χ2v) is 3.29. The lowest BCUT2D eigenvalue weighted by molar-refractivity contribution is 0.100. The zero-order chi connectivity index (χ0) is 11.4. The van der Waals surface area contributed by atoms with Crippen molar-refractivity contribution in [1.82, 2.24) is 5.43 Å². The maximum Gasteiger partial charge on any atom is 0.248 e. The highest BCUT2D eigenvalue weighted by Crippen LogP contribution is 2.07. The molecule has 0 spiro atoms. The van der Waals surface area contributed by atoms with Crippen LogP contribution in [-0.2, 0) is 0 Å². The molecule has 1 aliphatic rings. The predicted molar refractivity (Wildman–Crippen MR) is 62.9 cm³/mol. The van der Waals surface area contributed by atoms with Crippen molar-refractivity contribution in [2.24, 2.45) is 10.8 Å². The van der Waals surface area contributed by atoms with Gasteiger partial charge < -0.3 is 5.73 Å². The van der Waals surface area contributed by atoms with Gasteiger partial charge in [0.15, 0.2) is 0 Å². The Morgan fingerprint density at radius 2 is 1.94 bits per heavy atom. The number of benzene rings is 1. The molecule has 80 valence electrons. The van der Waals surface area contributed by atoms with Crippen molar-refractivity contribution < 1.29 is 4.79 Å². The van der Waals surface area contributed by atoms with Gasteiger partial charge in [0.25, 0.3) is 0 Å². The van der Waals surface area contributed by atoms with E-state index in [1.54, 1.807) is 18.3 Å². The Morgan fingerprint density at radius 1 is 1.19 bits per heavy atom. The topological polar surface area (TPSA) is 67.5 Å². The zero-order valence-electron chi connectivity index (χ0n) is 8.55. The van der Waals surface area contributed by atoms with Crippen molar-refractivity contribution in [2.45, 2.75) is 0 Å². The molecule has 16 heavy (non-hydrogen) atoms. The number of amides is 1. The largest absolute Gasteiger partial charge is 0.366 e. The standard InChI is InChI=1S/C12H11N3O/c13-12(16)10-6-4-9(5-7-10)11-3-1-2-8-14-15-11/h1-8,14H,(H2,13,16). The molecule has 1 amide bonds. The Labute approximate surface area is 93.2 Å². The van der Waals surface area contributed by atoms with E-state index in [-0.39, 0.29) is 0 Å². The number of primary amides is 1. The fraction of sp³-hybridized carbons (Fsp3) is 0. The quantitative estimate of drug-likeness (QED) is 0.774. The summed E-state index contributed by atoms with van der Waals surface area (Å²) in [6.45, 7) is 0. The molecular formula is C12H11N3O. The maximum absolute atomic E-state index is 10.9. The monoisotopic (exact) mass is 213 g/mol. The van der Waals surface area contributed by atoms with Crippen LogP contribution in [0.5, 0.6) is 0 Å². The summed E-state index contributed by atoms with van der Waals surface area (Å²) in [5.74, 6) is -0.426. The van der Waals surface area contributed by atoms with Crippen molar-refractivity contribution in [3.8, 4) is 0 Å². The fourth-order valence-corrected chi connectivity index (χ4v) is 1.36. The van der Waals surface area contributed by atoms with Gasteiger partial charge in [0.1, 0.15) is 0 Å². The summed E-state index contributed by atoms with van der Waals surface area (Å²) in [7, 11) is 0. The lowest BCUT2D eigenvalue weighted by Gasteiger charge is -2.01. The number of hydrogen-bond acceptors (Lipinski definition) is 3. The smallest absolute Gasteiger partial charge is 0.248 e. The van der Waals surface area contributed by atoms with E-state index in [0.717, 1.165) is 11.3 Å². The summed E-state index contributed by atoms with van der Waals surface area (Å²) < 4.78 is 0. The SMILES string of the molecule is NC(=O)c1ccc(C2=NNC=CC=C2)cc1. The number of carbonyl (C=O) groups excluding carboxylic acids is 1.